The summed E-state index contributed by atoms with van der Waals surface area (Å²) in [6.45, 7) is 2.32. The van der Waals surface area contributed by atoms with Gasteiger partial charge < -0.3 is 4.74 Å². The average molecular weight is 126 g/mol. The molecule has 0 aliphatic carbocycles. The highest BCUT2D eigenvalue weighted by Gasteiger charge is 2.34. The van der Waals surface area contributed by atoms with Gasteiger partial charge in [-0.1, -0.05) is 6.92 Å². The van der Waals surface area contributed by atoms with E-state index in [1.807, 2.05) is 0 Å². The fourth-order valence-corrected chi connectivity index (χ4v) is 2.09. The Morgan fingerprint density at radius 3 is 2.89 bits per heavy atom. The topological polar surface area (TPSA) is 9.23 Å². The molecule has 2 rings (SSSR count). The molecule has 0 radical (unpaired) electrons. The summed E-state index contributed by atoms with van der Waals surface area (Å²) >= 11 is 0. The third-order valence-electron chi connectivity index (χ3n) is 2.65. The fourth-order valence-electron chi connectivity index (χ4n) is 2.09. The van der Waals surface area contributed by atoms with Gasteiger partial charge >= 0.3 is 0 Å². The summed E-state index contributed by atoms with van der Waals surface area (Å²) in [6, 6.07) is 0. The van der Waals surface area contributed by atoms with Crippen molar-refractivity contribution in [2.75, 3.05) is 0 Å². The molecule has 1 unspecified atom stereocenters. The first kappa shape index (κ1) is 5.72. The molecule has 1 heteroatoms. The number of hydrogen-bond acceptors (Lipinski definition) is 1. The van der Waals surface area contributed by atoms with Gasteiger partial charge in [0.25, 0.3) is 0 Å². The molecule has 9 heavy (non-hydrogen) atoms. The molecule has 2 saturated heterocycles. The molecule has 0 aromatic carbocycles. The van der Waals surface area contributed by atoms with E-state index in [4.69, 9.17) is 4.74 Å². The normalized spacial score (nSPS) is 49.7. The van der Waals surface area contributed by atoms with Crippen LogP contribution in [-0.2, 0) is 4.74 Å². The SMILES string of the molecule is C[C@@H]1CC2CCC[C@@H]1O2. The Kier molecular flexibility index (Phi) is 1.26. The second-order valence-corrected chi connectivity index (χ2v) is 3.44. The van der Waals surface area contributed by atoms with E-state index in [0.717, 1.165) is 5.92 Å². The van der Waals surface area contributed by atoms with Gasteiger partial charge in [0.1, 0.15) is 0 Å². The lowest BCUT2D eigenvalue weighted by atomic mass is 10.0. The predicted molar refractivity (Wildman–Crippen MR) is 36.3 cm³/mol. The molecule has 0 amide bonds. The highest BCUT2D eigenvalue weighted by molar-refractivity contribution is 4.83. The molecule has 0 aromatic rings. The molecular weight excluding hydrogens is 112 g/mol. The van der Waals surface area contributed by atoms with E-state index in [-0.39, 0.29) is 0 Å². The molecule has 2 fully saturated rings. The molecule has 2 heterocycles. The van der Waals surface area contributed by atoms with E-state index in [0.29, 0.717) is 12.2 Å². The Morgan fingerprint density at radius 1 is 1.33 bits per heavy atom. The molecule has 0 saturated carbocycles. The Hall–Kier alpha value is -0.0400. The van der Waals surface area contributed by atoms with Gasteiger partial charge in [-0.05, 0) is 31.6 Å². The van der Waals surface area contributed by atoms with Crippen molar-refractivity contribution in [3.8, 4) is 0 Å². The van der Waals surface area contributed by atoms with Crippen LogP contribution in [0.15, 0.2) is 0 Å². The van der Waals surface area contributed by atoms with Crippen LogP contribution in [0.5, 0.6) is 0 Å². The molecule has 0 aromatic heterocycles. The summed E-state index contributed by atoms with van der Waals surface area (Å²) in [7, 11) is 0. The van der Waals surface area contributed by atoms with E-state index in [1.54, 1.807) is 0 Å². The molecule has 2 aliphatic heterocycles. The Morgan fingerprint density at radius 2 is 2.22 bits per heavy atom. The van der Waals surface area contributed by atoms with Crippen molar-refractivity contribution < 1.29 is 4.74 Å². The van der Waals surface area contributed by atoms with Gasteiger partial charge in [-0.15, -0.1) is 0 Å². The largest absolute Gasteiger partial charge is 0.375 e. The summed E-state index contributed by atoms with van der Waals surface area (Å²) in [6.07, 6.45) is 6.63. The van der Waals surface area contributed by atoms with E-state index in [9.17, 15) is 0 Å². The second-order valence-electron chi connectivity index (χ2n) is 3.44. The molecule has 0 N–H and O–H groups in total. The first-order chi connectivity index (χ1) is 4.36. The van der Waals surface area contributed by atoms with Crippen molar-refractivity contribution in [3.63, 3.8) is 0 Å². The van der Waals surface area contributed by atoms with Gasteiger partial charge in [-0.2, -0.15) is 0 Å². The minimum absolute atomic E-state index is 0.628. The fraction of sp³-hybridized carbons (Fsp3) is 1.00. The number of fused-ring (bicyclic) bond motifs is 2. The minimum Gasteiger partial charge on any atom is -0.375 e. The lowest BCUT2D eigenvalue weighted by Crippen LogP contribution is -2.18. The quantitative estimate of drug-likeness (QED) is 0.482. The standard InChI is InChI=1S/C8H14O/c1-6-5-7-3-2-4-8(6)9-7/h6-8H,2-5H2,1H3/t6-,7?,8+/m1/s1. The third-order valence-corrected chi connectivity index (χ3v) is 2.65. The molecule has 52 valence electrons. The van der Waals surface area contributed by atoms with Crippen LogP contribution in [0.4, 0.5) is 0 Å². The second kappa shape index (κ2) is 1.98. The van der Waals surface area contributed by atoms with Gasteiger partial charge in [0, 0.05) is 0 Å². The lowest BCUT2D eigenvalue weighted by Gasteiger charge is -2.20. The summed E-state index contributed by atoms with van der Waals surface area (Å²) in [5, 5.41) is 0. The maximum atomic E-state index is 5.71. The summed E-state index contributed by atoms with van der Waals surface area (Å²) in [4.78, 5) is 0. The number of rotatable bonds is 0. The Bertz CT molecular complexity index is 109. The maximum Gasteiger partial charge on any atom is 0.0605 e. The number of ether oxygens (including phenoxy) is 1. The van der Waals surface area contributed by atoms with Crippen molar-refractivity contribution in [1.82, 2.24) is 0 Å². The van der Waals surface area contributed by atoms with Crippen LogP contribution in [0, 0.1) is 5.92 Å². The van der Waals surface area contributed by atoms with Crippen LogP contribution in [0.25, 0.3) is 0 Å². The van der Waals surface area contributed by atoms with Crippen LogP contribution in [0.1, 0.15) is 32.6 Å². The Labute approximate surface area is 56.4 Å². The van der Waals surface area contributed by atoms with Gasteiger partial charge in [0.05, 0.1) is 12.2 Å². The average Bonchev–Trinajstić information content (AvgIpc) is 2.09. The molecule has 1 nitrogen and oxygen atoms in total. The van der Waals surface area contributed by atoms with Crippen LogP contribution in [0.3, 0.4) is 0 Å². The smallest absolute Gasteiger partial charge is 0.0605 e. The van der Waals surface area contributed by atoms with Gasteiger partial charge in [-0.25, -0.2) is 0 Å². The van der Waals surface area contributed by atoms with E-state index < -0.39 is 0 Å². The molecular formula is C8H14O. The van der Waals surface area contributed by atoms with Crippen molar-refractivity contribution in [3.05, 3.63) is 0 Å². The summed E-state index contributed by atoms with van der Waals surface area (Å²) < 4.78 is 5.71. The highest BCUT2D eigenvalue weighted by atomic mass is 16.5. The molecule has 3 atom stereocenters. The van der Waals surface area contributed by atoms with Gasteiger partial charge in [0.2, 0.25) is 0 Å². The van der Waals surface area contributed by atoms with Crippen molar-refractivity contribution >= 4 is 0 Å². The maximum absolute atomic E-state index is 5.71. The third kappa shape index (κ3) is 0.877. The predicted octanol–water partition coefficient (Wildman–Crippen LogP) is 1.96. The summed E-state index contributed by atoms with van der Waals surface area (Å²) in [5.74, 6) is 0.845. The number of hydrogen-bond donors (Lipinski definition) is 0. The lowest BCUT2D eigenvalue weighted by molar-refractivity contribution is -0.00251. The molecule has 0 spiro atoms. The zero-order chi connectivity index (χ0) is 6.27. The first-order valence-electron chi connectivity index (χ1n) is 4.02. The monoisotopic (exact) mass is 126 g/mol. The minimum atomic E-state index is 0.628. The van der Waals surface area contributed by atoms with Crippen LogP contribution < -0.4 is 0 Å². The van der Waals surface area contributed by atoms with Crippen molar-refractivity contribution in [1.29, 1.82) is 0 Å². The van der Waals surface area contributed by atoms with E-state index in [1.165, 1.54) is 25.7 Å². The Balaban J connectivity index is 2.07. The van der Waals surface area contributed by atoms with Crippen molar-refractivity contribution in [2.45, 2.75) is 44.8 Å². The first-order valence-corrected chi connectivity index (χ1v) is 4.02. The van der Waals surface area contributed by atoms with Crippen molar-refractivity contribution in [2.24, 2.45) is 5.92 Å². The summed E-state index contributed by atoms with van der Waals surface area (Å²) in [5.41, 5.74) is 0. The van der Waals surface area contributed by atoms with E-state index >= 15 is 0 Å². The van der Waals surface area contributed by atoms with Gasteiger partial charge in [-0.3, -0.25) is 0 Å². The molecule has 2 aliphatic rings. The zero-order valence-electron chi connectivity index (χ0n) is 5.97. The van der Waals surface area contributed by atoms with Gasteiger partial charge in [0.15, 0.2) is 0 Å². The molecule has 2 bridgehead atoms. The van der Waals surface area contributed by atoms with Crippen LogP contribution in [0.2, 0.25) is 0 Å². The van der Waals surface area contributed by atoms with Crippen LogP contribution in [-0.4, -0.2) is 12.2 Å². The van der Waals surface area contributed by atoms with Crippen LogP contribution >= 0.6 is 0 Å². The highest BCUT2D eigenvalue weighted by Crippen LogP contribution is 2.36. The van der Waals surface area contributed by atoms with E-state index in [2.05, 4.69) is 6.92 Å². The zero-order valence-corrected chi connectivity index (χ0v) is 5.97.